The summed E-state index contributed by atoms with van der Waals surface area (Å²) in [5.74, 6) is 0. The zero-order valence-electron chi connectivity index (χ0n) is 23.0. The molecule has 0 fully saturated rings. The molecule has 184 valence electrons. The van der Waals surface area contributed by atoms with Crippen molar-refractivity contribution in [3.05, 3.63) is 85.0 Å². The van der Waals surface area contributed by atoms with E-state index >= 15 is 0 Å². The SMILES string of the molecule is C=C/C=C\C(C(=C)C)=C(\N)c1ccc(B(C)OC(C)(C)C(C)(C)C=C)cc1.CC.CCNC. The van der Waals surface area contributed by atoms with E-state index in [1.807, 2.05) is 58.2 Å². The molecule has 0 saturated carbocycles. The third-order valence-corrected chi connectivity index (χ3v) is 5.73. The average Bonchev–Trinajstić information content (AvgIpc) is 2.80. The molecular formula is C29H49BN2O. The van der Waals surface area contributed by atoms with Crippen LogP contribution in [0.15, 0.2) is 79.5 Å². The lowest BCUT2D eigenvalue weighted by atomic mass is 9.61. The van der Waals surface area contributed by atoms with Crippen LogP contribution >= 0.6 is 0 Å². The van der Waals surface area contributed by atoms with Gasteiger partial charge in [-0.3, -0.25) is 0 Å². The molecule has 0 aliphatic rings. The molecule has 33 heavy (non-hydrogen) atoms. The third-order valence-electron chi connectivity index (χ3n) is 5.73. The Morgan fingerprint density at radius 3 is 1.97 bits per heavy atom. The van der Waals surface area contributed by atoms with Gasteiger partial charge >= 0.3 is 6.92 Å². The number of rotatable bonds is 10. The maximum absolute atomic E-state index is 6.37. The van der Waals surface area contributed by atoms with Crippen molar-refractivity contribution in [3.8, 4) is 0 Å². The molecule has 1 rings (SSSR count). The number of nitrogens with two attached hydrogens (primary N) is 1. The highest BCUT2D eigenvalue weighted by Gasteiger charge is 2.37. The van der Waals surface area contributed by atoms with Gasteiger partial charge in [-0.05, 0) is 51.0 Å². The van der Waals surface area contributed by atoms with Crippen molar-refractivity contribution >= 4 is 18.1 Å². The highest BCUT2D eigenvalue weighted by molar-refractivity contribution is 6.66. The van der Waals surface area contributed by atoms with E-state index < -0.39 is 0 Å². The monoisotopic (exact) mass is 452 g/mol. The molecule has 0 aliphatic heterocycles. The standard InChI is InChI=1S/C24H34BNO.C3H9N.C2H6/c1-10-12-13-21(18(3)4)22(26)19-14-16-20(17-15-19)25(9)27-24(7,8)23(5,6)11-2;1-3-4-2;1-2/h10-17H,1-3,26H2,4-9H3;4H,3H2,1-2H3;1-2H3/b13-12-,22-21-;;. The quantitative estimate of drug-likeness (QED) is 0.234. The van der Waals surface area contributed by atoms with Crippen molar-refractivity contribution in [2.75, 3.05) is 13.6 Å². The van der Waals surface area contributed by atoms with Crippen molar-refractivity contribution in [2.24, 2.45) is 11.1 Å². The molecule has 0 heterocycles. The van der Waals surface area contributed by atoms with Crippen LogP contribution in [-0.2, 0) is 4.65 Å². The van der Waals surface area contributed by atoms with E-state index in [1.165, 1.54) is 0 Å². The van der Waals surface area contributed by atoms with Crippen LogP contribution in [0.25, 0.3) is 5.70 Å². The van der Waals surface area contributed by atoms with Crippen molar-refractivity contribution in [1.29, 1.82) is 0 Å². The Morgan fingerprint density at radius 1 is 1.12 bits per heavy atom. The van der Waals surface area contributed by atoms with Crippen LogP contribution in [0, 0.1) is 5.41 Å². The number of hydrogen-bond acceptors (Lipinski definition) is 3. The molecule has 0 aromatic heterocycles. The van der Waals surface area contributed by atoms with Crippen LogP contribution < -0.4 is 16.5 Å². The maximum atomic E-state index is 6.37. The average molecular weight is 453 g/mol. The fraction of sp³-hybridized carbons (Fsp3) is 0.448. The Kier molecular flexibility index (Phi) is 16.3. The molecule has 0 spiro atoms. The molecule has 0 bridgehead atoms. The predicted octanol–water partition coefficient (Wildman–Crippen LogP) is 6.76. The minimum absolute atomic E-state index is 0.0419. The summed E-state index contributed by atoms with van der Waals surface area (Å²) < 4.78 is 6.37. The molecule has 1 aromatic rings. The van der Waals surface area contributed by atoms with E-state index in [4.69, 9.17) is 10.4 Å². The Bertz CT molecular complexity index is 784. The molecule has 3 nitrogen and oxygen atoms in total. The van der Waals surface area contributed by atoms with Gasteiger partial charge in [0.15, 0.2) is 0 Å². The topological polar surface area (TPSA) is 47.3 Å². The normalized spacial score (nSPS) is 11.9. The van der Waals surface area contributed by atoms with E-state index in [9.17, 15) is 0 Å². The number of benzene rings is 1. The van der Waals surface area contributed by atoms with Crippen molar-refractivity contribution in [3.63, 3.8) is 0 Å². The number of allylic oxidation sites excluding steroid dienone is 5. The van der Waals surface area contributed by atoms with Gasteiger partial charge in [0.25, 0.3) is 0 Å². The molecule has 3 N–H and O–H groups in total. The number of hydrogen-bond donors (Lipinski definition) is 2. The first-order chi connectivity index (χ1) is 15.4. The maximum Gasteiger partial charge on any atom is 0.324 e. The Labute approximate surface area is 205 Å². The molecule has 0 amide bonds. The van der Waals surface area contributed by atoms with Gasteiger partial charge in [0.05, 0.1) is 5.60 Å². The fourth-order valence-electron chi connectivity index (χ4n) is 2.62. The fourth-order valence-corrected chi connectivity index (χ4v) is 2.62. The van der Waals surface area contributed by atoms with Crippen LogP contribution in [0.4, 0.5) is 0 Å². The van der Waals surface area contributed by atoms with Gasteiger partial charge in [-0.25, -0.2) is 0 Å². The minimum Gasteiger partial charge on any atom is -0.426 e. The van der Waals surface area contributed by atoms with Gasteiger partial charge in [-0.2, -0.15) is 0 Å². The van der Waals surface area contributed by atoms with Crippen molar-refractivity contribution < 1.29 is 4.65 Å². The van der Waals surface area contributed by atoms with E-state index in [0.29, 0.717) is 5.70 Å². The van der Waals surface area contributed by atoms with Crippen LogP contribution in [0.5, 0.6) is 0 Å². The first-order valence-electron chi connectivity index (χ1n) is 11.9. The summed E-state index contributed by atoms with van der Waals surface area (Å²) in [7, 11) is 1.93. The van der Waals surface area contributed by atoms with Crippen LogP contribution in [0.2, 0.25) is 6.82 Å². The molecule has 0 unspecified atom stereocenters. The summed E-state index contributed by atoms with van der Waals surface area (Å²) in [6, 6.07) is 8.19. The van der Waals surface area contributed by atoms with E-state index in [2.05, 4.69) is 78.6 Å². The van der Waals surface area contributed by atoms with E-state index in [-0.39, 0.29) is 17.9 Å². The number of nitrogens with one attached hydrogen (secondary N) is 1. The summed E-state index contributed by atoms with van der Waals surface area (Å²) in [6.45, 7) is 31.3. The van der Waals surface area contributed by atoms with E-state index in [0.717, 1.165) is 28.7 Å². The van der Waals surface area contributed by atoms with Crippen LogP contribution in [0.1, 0.15) is 61.0 Å². The molecule has 0 radical (unpaired) electrons. The Hall–Kier alpha value is -2.30. The van der Waals surface area contributed by atoms with Gasteiger partial charge in [0.2, 0.25) is 0 Å². The predicted molar refractivity (Wildman–Crippen MR) is 153 cm³/mol. The first kappa shape index (κ1) is 32.9. The molecule has 1 aromatic carbocycles. The van der Waals surface area contributed by atoms with Crippen molar-refractivity contribution in [2.45, 2.75) is 67.8 Å². The molecule has 0 saturated heterocycles. The summed E-state index contributed by atoms with van der Waals surface area (Å²) in [5.41, 5.74) is 10.5. The lowest BCUT2D eigenvalue weighted by Crippen LogP contribution is -2.47. The van der Waals surface area contributed by atoms with Gasteiger partial charge in [0, 0.05) is 16.7 Å². The van der Waals surface area contributed by atoms with Gasteiger partial charge in [-0.15, -0.1) is 6.58 Å². The highest BCUT2D eigenvalue weighted by atomic mass is 16.5. The van der Waals surface area contributed by atoms with Crippen LogP contribution in [0.3, 0.4) is 0 Å². The molecule has 0 aliphatic carbocycles. The van der Waals surface area contributed by atoms with Crippen molar-refractivity contribution in [1.82, 2.24) is 5.32 Å². The highest BCUT2D eigenvalue weighted by Crippen LogP contribution is 2.35. The summed E-state index contributed by atoms with van der Waals surface area (Å²) in [4.78, 5) is 0. The smallest absolute Gasteiger partial charge is 0.324 e. The van der Waals surface area contributed by atoms with Gasteiger partial charge in [-0.1, -0.05) is 103 Å². The molecule has 4 heteroatoms. The lowest BCUT2D eigenvalue weighted by molar-refractivity contribution is 0.0184. The summed E-state index contributed by atoms with van der Waals surface area (Å²) >= 11 is 0. The largest absolute Gasteiger partial charge is 0.426 e. The molecule has 0 atom stereocenters. The second-order valence-corrected chi connectivity index (χ2v) is 8.73. The van der Waals surface area contributed by atoms with Gasteiger partial charge in [0.1, 0.15) is 0 Å². The summed E-state index contributed by atoms with van der Waals surface area (Å²) in [5, 5.41) is 2.93. The molecular weight excluding hydrogens is 403 g/mol. The minimum atomic E-state index is -0.339. The third kappa shape index (κ3) is 10.9. The zero-order valence-corrected chi connectivity index (χ0v) is 23.0. The Balaban J connectivity index is 0. The lowest BCUT2D eigenvalue weighted by Gasteiger charge is -2.41. The first-order valence-corrected chi connectivity index (χ1v) is 11.9. The second-order valence-electron chi connectivity index (χ2n) is 8.73. The Morgan fingerprint density at radius 2 is 1.61 bits per heavy atom. The second kappa shape index (κ2) is 16.3. The van der Waals surface area contributed by atoms with Crippen LogP contribution in [-0.4, -0.2) is 26.1 Å². The van der Waals surface area contributed by atoms with E-state index in [1.54, 1.807) is 6.08 Å². The zero-order chi connectivity index (χ0) is 26.2. The summed E-state index contributed by atoms with van der Waals surface area (Å²) in [6.07, 6.45) is 7.48. The van der Waals surface area contributed by atoms with Gasteiger partial charge < -0.3 is 15.7 Å².